The molecule has 0 saturated heterocycles. The number of hydrogen-bond donors (Lipinski definition) is 0. The minimum atomic E-state index is -0.696. The molecular weight excluding hydrogens is 510 g/mol. The number of nitro benzene ring substituents is 1. The lowest BCUT2D eigenvalue weighted by molar-refractivity contribution is -0.384. The zero-order valence-electron chi connectivity index (χ0n) is 20.5. The van der Waals surface area contributed by atoms with Crippen molar-refractivity contribution in [2.75, 3.05) is 14.2 Å². The van der Waals surface area contributed by atoms with Crippen molar-refractivity contribution in [3.8, 4) is 17.1 Å². The number of aromatic nitrogens is 1. The zero-order chi connectivity index (χ0) is 27.0. The number of carbonyl (C=O) groups is 1. The summed E-state index contributed by atoms with van der Waals surface area (Å²) in [6.07, 6.45) is 1.60. The van der Waals surface area contributed by atoms with Crippen LogP contribution in [0.5, 0.6) is 5.75 Å². The fourth-order valence-electron chi connectivity index (χ4n) is 4.34. The first-order valence-corrected chi connectivity index (χ1v) is 12.2. The number of nitrogens with zero attached hydrogens (tertiary/aromatic N) is 3. The zero-order valence-corrected chi connectivity index (χ0v) is 21.4. The maximum Gasteiger partial charge on any atom is 0.338 e. The molecule has 0 spiro atoms. The normalized spacial score (nSPS) is 15.1. The van der Waals surface area contributed by atoms with E-state index in [1.54, 1.807) is 31.2 Å². The molecule has 10 nitrogen and oxygen atoms in total. The van der Waals surface area contributed by atoms with Crippen LogP contribution in [0, 0.1) is 10.1 Å². The summed E-state index contributed by atoms with van der Waals surface area (Å²) in [7, 11) is 2.71. The Morgan fingerprint density at radius 2 is 1.92 bits per heavy atom. The molecule has 11 heteroatoms. The monoisotopic (exact) mass is 531 g/mol. The van der Waals surface area contributed by atoms with Gasteiger partial charge in [0.2, 0.25) is 0 Å². The largest absolute Gasteiger partial charge is 0.496 e. The van der Waals surface area contributed by atoms with E-state index in [0.29, 0.717) is 37.7 Å². The van der Waals surface area contributed by atoms with E-state index in [9.17, 15) is 19.7 Å². The number of allylic oxidation sites excluding steroid dienone is 1. The molecule has 2 aromatic carbocycles. The van der Waals surface area contributed by atoms with Gasteiger partial charge in [-0.2, -0.15) is 0 Å². The van der Waals surface area contributed by atoms with Gasteiger partial charge in [0, 0.05) is 12.1 Å². The van der Waals surface area contributed by atoms with Crippen LogP contribution in [0.25, 0.3) is 17.4 Å². The number of hydrogen-bond acceptors (Lipinski definition) is 9. The van der Waals surface area contributed by atoms with Gasteiger partial charge in [-0.1, -0.05) is 41.7 Å². The van der Waals surface area contributed by atoms with Crippen molar-refractivity contribution < 1.29 is 23.6 Å². The predicted octanol–water partition coefficient (Wildman–Crippen LogP) is 3.59. The number of furan rings is 1. The molecule has 4 aromatic rings. The maximum absolute atomic E-state index is 13.6. The molecule has 2 aromatic heterocycles. The number of esters is 1. The van der Waals surface area contributed by atoms with Crippen LogP contribution in [0.2, 0.25) is 0 Å². The Morgan fingerprint density at radius 1 is 1.16 bits per heavy atom. The van der Waals surface area contributed by atoms with Gasteiger partial charge >= 0.3 is 5.97 Å². The topological polar surface area (TPSA) is 126 Å². The van der Waals surface area contributed by atoms with Crippen molar-refractivity contribution in [3.05, 3.63) is 113 Å². The molecule has 1 aliphatic heterocycles. The summed E-state index contributed by atoms with van der Waals surface area (Å²) in [5.74, 6) is 0.544. The lowest BCUT2D eigenvalue weighted by atomic mass is 9.96. The van der Waals surface area contributed by atoms with Gasteiger partial charge in [0.15, 0.2) is 4.80 Å². The molecule has 1 unspecified atom stereocenters. The maximum atomic E-state index is 13.6. The summed E-state index contributed by atoms with van der Waals surface area (Å²) < 4.78 is 18.1. The summed E-state index contributed by atoms with van der Waals surface area (Å²) in [6, 6.07) is 16.1. The van der Waals surface area contributed by atoms with Gasteiger partial charge in [-0.3, -0.25) is 19.5 Å². The third-order valence-electron chi connectivity index (χ3n) is 6.10. The highest BCUT2D eigenvalue weighted by Crippen LogP contribution is 2.34. The van der Waals surface area contributed by atoms with Crippen LogP contribution in [0.3, 0.4) is 0 Å². The fourth-order valence-corrected chi connectivity index (χ4v) is 5.37. The highest BCUT2D eigenvalue weighted by atomic mass is 32.1. The predicted molar refractivity (Wildman–Crippen MR) is 140 cm³/mol. The van der Waals surface area contributed by atoms with Crippen LogP contribution in [-0.2, 0) is 9.53 Å². The third-order valence-corrected chi connectivity index (χ3v) is 7.09. The molecule has 3 heterocycles. The Bertz CT molecular complexity index is 1780. The fraction of sp³-hybridized carbons (Fsp3) is 0.148. The van der Waals surface area contributed by atoms with Crippen LogP contribution in [0.4, 0.5) is 5.69 Å². The number of benzene rings is 2. The molecule has 0 amide bonds. The van der Waals surface area contributed by atoms with Gasteiger partial charge < -0.3 is 13.9 Å². The molecule has 0 saturated carbocycles. The number of thiazole rings is 1. The molecule has 192 valence electrons. The van der Waals surface area contributed by atoms with Gasteiger partial charge in [-0.15, -0.1) is 0 Å². The molecule has 38 heavy (non-hydrogen) atoms. The van der Waals surface area contributed by atoms with E-state index in [4.69, 9.17) is 13.9 Å². The molecule has 1 aliphatic rings. The van der Waals surface area contributed by atoms with Crippen LogP contribution >= 0.6 is 11.3 Å². The SMILES string of the molecule is COC(=O)C1=C(C)N=c2sc(=Cc3ccc(-c4ccc([N+](=O)[O-])cc4OC)o3)c(=O)n2C1c1ccccc1. The van der Waals surface area contributed by atoms with Crippen LogP contribution in [-0.4, -0.2) is 29.7 Å². The van der Waals surface area contributed by atoms with Gasteiger partial charge in [-0.25, -0.2) is 9.79 Å². The number of ether oxygens (including phenoxy) is 2. The Balaban J connectivity index is 1.61. The van der Waals surface area contributed by atoms with Gasteiger partial charge in [0.05, 0.1) is 52.6 Å². The molecule has 0 radical (unpaired) electrons. The van der Waals surface area contributed by atoms with E-state index in [1.807, 2.05) is 30.3 Å². The summed E-state index contributed by atoms with van der Waals surface area (Å²) in [5, 5.41) is 11.1. The highest BCUT2D eigenvalue weighted by Gasteiger charge is 2.33. The number of fused-ring (bicyclic) bond motifs is 1. The molecule has 0 bridgehead atoms. The van der Waals surface area contributed by atoms with Crippen LogP contribution < -0.4 is 19.6 Å². The lowest BCUT2D eigenvalue weighted by Gasteiger charge is -2.24. The first kappa shape index (κ1) is 24.9. The van der Waals surface area contributed by atoms with Crippen molar-refractivity contribution in [2.45, 2.75) is 13.0 Å². The third kappa shape index (κ3) is 4.33. The van der Waals surface area contributed by atoms with E-state index in [1.165, 1.54) is 42.3 Å². The minimum Gasteiger partial charge on any atom is -0.496 e. The standard InChI is InChI=1S/C27H21N3O7S/c1-15-23(26(32)36-3)24(16-7-5-4-6-8-16)29-25(31)22(38-27(29)28-15)14-18-10-12-20(37-18)19-11-9-17(30(33)34)13-21(19)35-2/h4-14,24H,1-3H3. The van der Waals surface area contributed by atoms with Crippen molar-refractivity contribution in [2.24, 2.45) is 4.99 Å². The van der Waals surface area contributed by atoms with Gasteiger partial charge in [0.1, 0.15) is 17.3 Å². The van der Waals surface area contributed by atoms with E-state index in [-0.39, 0.29) is 17.0 Å². The smallest absolute Gasteiger partial charge is 0.338 e. The van der Waals surface area contributed by atoms with Crippen molar-refractivity contribution in [1.29, 1.82) is 0 Å². The Morgan fingerprint density at radius 3 is 2.61 bits per heavy atom. The Kier molecular flexibility index (Phi) is 6.52. The lowest BCUT2D eigenvalue weighted by Crippen LogP contribution is -2.39. The van der Waals surface area contributed by atoms with E-state index >= 15 is 0 Å². The van der Waals surface area contributed by atoms with E-state index < -0.39 is 16.9 Å². The van der Waals surface area contributed by atoms with Gasteiger partial charge in [-0.05, 0) is 30.7 Å². The molecule has 5 rings (SSSR count). The Labute approximate surface area is 219 Å². The first-order chi connectivity index (χ1) is 18.3. The summed E-state index contributed by atoms with van der Waals surface area (Å²) >= 11 is 1.18. The average molecular weight is 532 g/mol. The second kappa shape index (κ2) is 9.94. The van der Waals surface area contributed by atoms with Crippen molar-refractivity contribution in [1.82, 2.24) is 4.57 Å². The second-order valence-corrected chi connectivity index (χ2v) is 9.34. The van der Waals surface area contributed by atoms with Crippen LogP contribution in [0.1, 0.15) is 24.3 Å². The number of non-ortho nitro benzene ring substituents is 1. The molecule has 1 atom stereocenters. The first-order valence-electron chi connectivity index (χ1n) is 11.4. The minimum absolute atomic E-state index is 0.104. The number of carbonyl (C=O) groups excluding carboxylic acids is 1. The van der Waals surface area contributed by atoms with Crippen molar-refractivity contribution >= 4 is 29.1 Å². The van der Waals surface area contributed by atoms with E-state index in [2.05, 4.69) is 4.99 Å². The molecule has 0 N–H and O–H groups in total. The average Bonchev–Trinajstić information content (AvgIpc) is 3.51. The van der Waals surface area contributed by atoms with Crippen LogP contribution in [0.15, 0.2) is 86.1 Å². The molecular formula is C27H21N3O7S. The highest BCUT2D eigenvalue weighted by molar-refractivity contribution is 7.07. The summed E-state index contributed by atoms with van der Waals surface area (Å²) in [6.45, 7) is 1.72. The summed E-state index contributed by atoms with van der Waals surface area (Å²) in [5.41, 5.74) is 1.62. The quantitative estimate of drug-likeness (QED) is 0.211. The van der Waals surface area contributed by atoms with E-state index in [0.717, 1.165) is 5.56 Å². The molecule has 0 aliphatic carbocycles. The second-order valence-electron chi connectivity index (χ2n) is 8.33. The number of rotatable bonds is 6. The summed E-state index contributed by atoms with van der Waals surface area (Å²) in [4.78, 5) is 41.9. The number of nitro groups is 1. The molecule has 0 fully saturated rings. The van der Waals surface area contributed by atoms with Gasteiger partial charge in [0.25, 0.3) is 11.2 Å². The number of methoxy groups -OCH3 is 2. The van der Waals surface area contributed by atoms with Crippen molar-refractivity contribution in [3.63, 3.8) is 0 Å². The Hall–Kier alpha value is -4.77.